The fraction of sp³-hybridized carbons (Fsp3) is 0. The van der Waals surface area contributed by atoms with Crippen molar-refractivity contribution in [2.45, 2.75) is 0 Å². The van der Waals surface area contributed by atoms with Crippen LogP contribution in [-0.4, -0.2) is 0 Å². The minimum atomic E-state index is -0.0385. The number of fused-ring (bicyclic) bond motifs is 9. The van der Waals surface area contributed by atoms with Crippen molar-refractivity contribution >= 4 is 64.6 Å². The summed E-state index contributed by atoms with van der Waals surface area (Å²) in [7, 11) is 0. The van der Waals surface area contributed by atoms with Crippen molar-refractivity contribution in [3.8, 4) is 22.3 Å². The lowest BCUT2D eigenvalue weighted by atomic mass is 9.88. The zero-order valence-electron chi connectivity index (χ0n) is 26.7. The average molecular weight is 535 g/mol. The van der Waals surface area contributed by atoms with Gasteiger partial charge in [0.1, 0.15) is 0 Å². The first-order valence-electron chi connectivity index (χ1n) is 16.3. The fourth-order valence-corrected chi connectivity index (χ4v) is 6.67. The first-order valence-corrected chi connectivity index (χ1v) is 14.3. The summed E-state index contributed by atoms with van der Waals surface area (Å²) < 4.78 is 37.3. The van der Waals surface area contributed by atoms with Gasteiger partial charge in [-0.25, -0.2) is 0 Å². The van der Waals surface area contributed by atoms with Crippen LogP contribution in [0.2, 0.25) is 0 Å². The van der Waals surface area contributed by atoms with E-state index in [0.29, 0.717) is 16.7 Å². The molecule has 0 aliphatic rings. The number of hydrogen-bond donors (Lipinski definition) is 0. The minimum Gasteiger partial charge on any atom is -0.0616 e. The molecule has 9 aromatic carbocycles. The smallest absolute Gasteiger partial charge is 0.0616 e. The van der Waals surface area contributed by atoms with Crippen LogP contribution in [-0.2, 0) is 0 Å². The third kappa shape index (κ3) is 3.49. The average Bonchev–Trinajstić information content (AvgIpc) is 3.10. The highest BCUT2D eigenvalue weighted by Gasteiger charge is 2.13. The summed E-state index contributed by atoms with van der Waals surface area (Å²) >= 11 is 0. The van der Waals surface area contributed by atoms with Gasteiger partial charge in [0.05, 0.1) is 5.48 Å². The van der Waals surface area contributed by atoms with Crippen molar-refractivity contribution in [1.82, 2.24) is 0 Å². The molecule has 9 rings (SSSR count). The largest absolute Gasteiger partial charge is 0.0629 e. The summed E-state index contributed by atoms with van der Waals surface area (Å²) in [5.74, 6) is 0. The second kappa shape index (κ2) is 9.03. The molecular formula is C42H26. The SMILES string of the molecule is [2H]c1c([2H])c(-c2c3ccccc3cc3ccc4ccccc4c23)c([2H])c([2H])c1-c1ccc2c(ccc3c4ccccc4ccc23)c1. The second-order valence-electron chi connectivity index (χ2n) is 11.0. The molecule has 0 saturated carbocycles. The van der Waals surface area contributed by atoms with Crippen LogP contribution in [0.4, 0.5) is 0 Å². The number of hydrogen-bond acceptors (Lipinski definition) is 0. The Labute approximate surface area is 249 Å². The van der Waals surface area contributed by atoms with E-state index in [1.165, 1.54) is 16.2 Å². The molecule has 0 aliphatic heterocycles. The van der Waals surface area contributed by atoms with Crippen molar-refractivity contribution < 1.29 is 5.48 Å². The predicted molar refractivity (Wildman–Crippen MR) is 182 cm³/mol. The first kappa shape index (κ1) is 19.6. The third-order valence-corrected chi connectivity index (χ3v) is 8.66. The molecule has 0 aromatic heterocycles. The highest BCUT2D eigenvalue weighted by Crippen LogP contribution is 2.41. The Bertz CT molecular complexity index is 2710. The van der Waals surface area contributed by atoms with E-state index in [9.17, 15) is 5.48 Å². The normalized spacial score (nSPS) is 13.1. The Morgan fingerprint density at radius 1 is 0.310 bits per heavy atom. The Morgan fingerprint density at radius 2 is 0.810 bits per heavy atom. The van der Waals surface area contributed by atoms with Gasteiger partial charge in [-0.2, -0.15) is 0 Å². The van der Waals surface area contributed by atoms with Crippen LogP contribution < -0.4 is 0 Å². The van der Waals surface area contributed by atoms with Gasteiger partial charge in [0.15, 0.2) is 0 Å². The molecule has 0 saturated heterocycles. The summed E-state index contributed by atoms with van der Waals surface area (Å²) in [6.07, 6.45) is 0. The Morgan fingerprint density at radius 3 is 1.60 bits per heavy atom. The predicted octanol–water partition coefficient (Wildman–Crippen LogP) is 11.9. The Balaban J connectivity index is 1.31. The molecule has 0 spiro atoms. The van der Waals surface area contributed by atoms with E-state index in [0.717, 1.165) is 54.0 Å². The second-order valence-corrected chi connectivity index (χ2v) is 11.0. The molecule has 0 amide bonds. The topological polar surface area (TPSA) is 0 Å². The van der Waals surface area contributed by atoms with Gasteiger partial charge >= 0.3 is 0 Å². The summed E-state index contributed by atoms with van der Waals surface area (Å²) in [5.41, 5.74) is 2.05. The van der Waals surface area contributed by atoms with Crippen molar-refractivity contribution in [1.29, 1.82) is 0 Å². The van der Waals surface area contributed by atoms with E-state index in [2.05, 4.69) is 78.9 Å². The molecule has 0 aliphatic carbocycles. The van der Waals surface area contributed by atoms with Gasteiger partial charge in [-0.3, -0.25) is 0 Å². The monoisotopic (exact) mass is 534 g/mol. The first-order chi connectivity index (χ1) is 22.5. The molecule has 0 heteroatoms. The lowest BCUT2D eigenvalue weighted by molar-refractivity contribution is 1.64. The quantitative estimate of drug-likeness (QED) is 0.153. The lowest BCUT2D eigenvalue weighted by Crippen LogP contribution is -1.88. The number of rotatable bonds is 2. The van der Waals surface area contributed by atoms with Crippen molar-refractivity contribution in [2.75, 3.05) is 0 Å². The van der Waals surface area contributed by atoms with Gasteiger partial charge in [0, 0.05) is 0 Å². The lowest BCUT2D eigenvalue weighted by Gasteiger charge is -2.15. The highest BCUT2D eigenvalue weighted by atomic mass is 14.2. The van der Waals surface area contributed by atoms with Gasteiger partial charge in [-0.05, 0) is 99.0 Å². The third-order valence-electron chi connectivity index (χ3n) is 8.66. The van der Waals surface area contributed by atoms with Gasteiger partial charge in [0.2, 0.25) is 0 Å². The van der Waals surface area contributed by atoms with Gasteiger partial charge in [0.25, 0.3) is 0 Å². The molecule has 0 radical (unpaired) electrons. The molecule has 0 atom stereocenters. The van der Waals surface area contributed by atoms with Crippen molar-refractivity contribution in [2.24, 2.45) is 0 Å². The van der Waals surface area contributed by atoms with E-state index in [-0.39, 0.29) is 24.2 Å². The standard InChI is InChI=1S/C42H26/c1-4-10-35-28(7-1)19-23-40-36-22-20-31(25-33(36)21-24-39(35)40)27-13-16-30(17-14-27)41-38-12-6-3-9-32(38)26-34-18-15-29-8-2-5-11-37(29)42(34)41/h1-26H/i13D,14D,16D,17D. The molecule has 0 heterocycles. The minimum absolute atomic E-state index is 0.0355. The van der Waals surface area contributed by atoms with E-state index < -0.39 is 0 Å². The highest BCUT2D eigenvalue weighted by molar-refractivity contribution is 6.22. The van der Waals surface area contributed by atoms with Gasteiger partial charge < -0.3 is 0 Å². The maximum absolute atomic E-state index is 9.38. The molecule has 0 fully saturated rings. The van der Waals surface area contributed by atoms with E-state index in [1.54, 1.807) is 0 Å². The summed E-state index contributed by atoms with van der Waals surface area (Å²) in [6, 6.07) is 45.2. The Kier molecular flexibility index (Phi) is 4.21. The van der Waals surface area contributed by atoms with Gasteiger partial charge in [-0.15, -0.1) is 0 Å². The van der Waals surface area contributed by atoms with Crippen LogP contribution in [0.5, 0.6) is 0 Å². The fourth-order valence-electron chi connectivity index (χ4n) is 6.67. The molecule has 0 unspecified atom stereocenters. The maximum Gasteiger partial charge on any atom is 0.0629 e. The zero-order valence-corrected chi connectivity index (χ0v) is 22.7. The molecule has 194 valence electrons. The van der Waals surface area contributed by atoms with Crippen LogP contribution in [0.15, 0.2) is 158 Å². The van der Waals surface area contributed by atoms with Crippen LogP contribution in [0, 0.1) is 0 Å². The Hall–Kier alpha value is -5.46. The summed E-state index contributed by atoms with van der Waals surface area (Å²) in [4.78, 5) is 0. The molecule has 9 aromatic rings. The van der Waals surface area contributed by atoms with Crippen molar-refractivity contribution in [3.05, 3.63) is 158 Å². The van der Waals surface area contributed by atoms with E-state index in [1.807, 2.05) is 54.6 Å². The molecule has 0 nitrogen and oxygen atoms in total. The maximum atomic E-state index is 9.38. The van der Waals surface area contributed by atoms with Crippen LogP contribution >= 0.6 is 0 Å². The molecule has 0 bridgehead atoms. The molecular weight excluding hydrogens is 504 g/mol. The van der Waals surface area contributed by atoms with E-state index >= 15 is 0 Å². The van der Waals surface area contributed by atoms with Crippen LogP contribution in [0.1, 0.15) is 5.48 Å². The molecule has 0 N–H and O–H groups in total. The van der Waals surface area contributed by atoms with Crippen LogP contribution in [0.25, 0.3) is 86.9 Å². The van der Waals surface area contributed by atoms with Crippen molar-refractivity contribution in [3.63, 3.8) is 0 Å². The number of benzene rings is 9. The zero-order chi connectivity index (χ0) is 31.1. The summed E-state index contributed by atoms with van der Waals surface area (Å²) in [5, 5.41) is 12.7. The van der Waals surface area contributed by atoms with E-state index in [4.69, 9.17) is 0 Å². The molecule has 42 heavy (non-hydrogen) atoms. The summed E-state index contributed by atoms with van der Waals surface area (Å²) in [6.45, 7) is 0. The van der Waals surface area contributed by atoms with Gasteiger partial charge in [-0.1, -0.05) is 145 Å². The van der Waals surface area contributed by atoms with Crippen LogP contribution in [0.3, 0.4) is 0 Å².